The summed E-state index contributed by atoms with van der Waals surface area (Å²) in [6, 6.07) is 30.4. The zero-order chi connectivity index (χ0) is 48.4. The first-order valence-corrected chi connectivity index (χ1v) is 23.9. The van der Waals surface area contributed by atoms with Crippen molar-refractivity contribution in [2.75, 3.05) is 16.0 Å². The number of rotatable bonds is 12. The predicted octanol–water partition coefficient (Wildman–Crippen LogP) is 13.1. The third-order valence-corrected chi connectivity index (χ3v) is 13.3. The molecule has 7 aromatic rings. The number of aromatic nitrogens is 1. The van der Waals surface area contributed by atoms with Crippen LogP contribution >= 0.6 is 34.5 Å². The van der Waals surface area contributed by atoms with Crippen LogP contribution in [-0.4, -0.2) is 36.8 Å². The number of nitriles is 2. The van der Waals surface area contributed by atoms with Gasteiger partial charge in [-0.1, -0.05) is 85.6 Å². The van der Waals surface area contributed by atoms with Crippen molar-refractivity contribution in [3.8, 4) is 23.3 Å². The fourth-order valence-corrected chi connectivity index (χ4v) is 9.14. The summed E-state index contributed by atoms with van der Waals surface area (Å²) in [5, 5.41) is 49.2. The summed E-state index contributed by atoms with van der Waals surface area (Å²) in [5.41, 5.74) is 1.80. The molecule has 0 spiro atoms. The Morgan fingerprint density at radius 3 is 1.99 bits per heavy atom. The van der Waals surface area contributed by atoms with E-state index in [-0.39, 0.29) is 76.6 Å². The maximum atomic E-state index is 12.8. The quantitative estimate of drug-likeness (QED) is 0.0565. The molecule has 0 unspecified atom stereocenters. The van der Waals surface area contributed by atoms with Gasteiger partial charge in [-0.25, -0.2) is 4.98 Å². The lowest BCUT2D eigenvalue weighted by molar-refractivity contribution is -0.123. The Labute approximate surface area is 398 Å². The van der Waals surface area contributed by atoms with Gasteiger partial charge in [0.25, 0.3) is 20.2 Å². The fraction of sp³-hybridized carbons (Fsp3) is 0.111. The standard InChI is InChI=1S/C45H34Cl2N10O7S3/c1-24-33(22-48)40(51-30-18-19-35(47)37(21-30)67(62,63)64)53-41(50-28-16-11-27(46)12-17-28)39(24)55-56-42-34(23-49)38(26-9-13-29(14-10-26)52-44(58)45(2,3)4)43(65-42)57-54-31-15-8-25-6-5-7-36(32(25)20-31)66(59,60)61/h5-21H,1-4H3,(H,52,58)(H2,50,51,53)(H,59,60,61)(H,62,63,64). The van der Waals surface area contributed by atoms with E-state index in [9.17, 15) is 41.3 Å². The Hall–Kier alpha value is -7.14. The summed E-state index contributed by atoms with van der Waals surface area (Å²) < 4.78 is 68.1. The van der Waals surface area contributed by atoms with E-state index < -0.39 is 30.5 Å². The highest BCUT2D eigenvalue weighted by Gasteiger charge is 2.25. The van der Waals surface area contributed by atoms with Gasteiger partial charge in [0.1, 0.15) is 38.2 Å². The number of benzene rings is 5. The summed E-state index contributed by atoms with van der Waals surface area (Å²) in [7, 11) is -9.31. The molecule has 338 valence electrons. The van der Waals surface area contributed by atoms with Crippen LogP contribution < -0.4 is 16.0 Å². The number of amides is 1. The van der Waals surface area contributed by atoms with Crippen molar-refractivity contribution < 1.29 is 30.7 Å². The van der Waals surface area contributed by atoms with Gasteiger partial charge in [0.15, 0.2) is 16.6 Å². The zero-order valence-electron chi connectivity index (χ0n) is 35.4. The lowest BCUT2D eigenvalue weighted by Crippen LogP contribution is -2.27. The van der Waals surface area contributed by atoms with E-state index in [0.717, 1.165) is 17.4 Å². The van der Waals surface area contributed by atoms with E-state index in [4.69, 9.17) is 23.2 Å². The van der Waals surface area contributed by atoms with Crippen molar-refractivity contribution in [1.29, 1.82) is 10.5 Å². The van der Waals surface area contributed by atoms with Crippen LogP contribution in [0, 0.1) is 35.0 Å². The van der Waals surface area contributed by atoms with Crippen LogP contribution in [-0.2, 0) is 25.0 Å². The molecule has 0 fully saturated rings. The van der Waals surface area contributed by atoms with Crippen LogP contribution in [0.15, 0.2) is 133 Å². The maximum Gasteiger partial charge on any atom is 0.296 e. The minimum Gasteiger partial charge on any atom is -0.339 e. The molecule has 1 amide bonds. The van der Waals surface area contributed by atoms with Crippen molar-refractivity contribution >= 4 is 122 Å². The first-order valence-electron chi connectivity index (χ1n) is 19.5. The number of anilines is 5. The summed E-state index contributed by atoms with van der Waals surface area (Å²) in [5.74, 6) is -0.178. The molecule has 0 bridgehead atoms. The molecule has 0 radical (unpaired) electrons. The van der Waals surface area contributed by atoms with Crippen molar-refractivity contribution in [1.82, 2.24) is 4.98 Å². The molecule has 0 aliphatic rings. The van der Waals surface area contributed by atoms with Gasteiger partial charge in [-0.15, -0.1) is 20.5 Å². The predicted molar refractivity (Wildman–Crippen MR) is 258 cm³/mol. The third kappa shape index (κ3) is 10.8. The normalized spacial score (nSPS) is 12.0. The first kappa shape index (κ1) is 47.8. The molecular weight excluding hydrogens is 960 g/mol. The molecule has 5 N–H and O–H groups in total. The Morgan fingerprint density at radius 1 is 0.716 bits per heavy atom. The highest BCUT2D eigenvalue weighted by Crippen LogP contribution is 2.49. The third-order valence-electron chi connectivity index (χ3n) is 9.80. The van der Waals surface area contributed by atoms with Gasteiger partial charge in [-0.05, 0) is 90.7 Å². The number of azo groups is 2. The van der Waals surface area contributed by atoms with Gasteiger partial charge < -0.3 is 16.0 Å². The Balaban J connectivity index is 1.37. The number of nitrogens with zero attached hydrogens (tertiary/aromatic N) is 7. The summed E-state index contributed by atoms with van der Waals surface area (Å²) in [4.78, 5) is 16.5. The molecule has 0 aliphatic heterocycles. The van der Waals surface area contributed by atoms with Crippen LogP contribution in [0.1, 0.15) is 37.5 Å². The second kappa shape index (κ2) is 19.0. The molecule has 2 heterocycles. The number of fused-ring (bicyclic) bond motifs is 1. The number of carbonyl (C=O) groups is 1. The lowest BCUT2D eigenvalue weighted by atomic mass is 9.95. The van der Waals surface area contributed by atoms with E-state index in [1.807, 2.05) is 0 Å². The lowest BCUT2D eigenvalue weighted by Gasteiger charge is -2.17. The maximum absolute atomic E-state index is 12.8. The number of thiophene rings is 1. The second-order valence-corrected chi connectivity index (χ2v) is 20.1. The van der Waals surface area contributed by atoms with E-state index in [0.29, 0.717) is 32.9 Å². The van der Waals surface area contributed by atoms with Crippen molar-refractivity contribution in [3.05, 3.63) is 130 Å². The largest absolute Gasteiger partial charge is 0.339 e. The van der Waals surface area contributed by atoms with Gasteiger partial charge in [0, 0.05) is 44.0 Å². The summed E-state index contributed by atoms with van der Waals surface area (Å²) in [6.07, 6.45) is 0. The SMILES string of the molecule is Cc1c(C#N)c(Nc2ccc(Cl)c(S(=O)(=O)O)c2)nc(Nc2ccc(Cl)cc2)c1N=Nc1sc(N=Nc2ccc3cccc(S(=O)(=O)O)c3c2)c(-c2ccc(NC(=O)C(C)(C)C)cc2)c1C#N. The van der Waals surface area contributed by atoms with Crippen LogP contribution in [0.3, 0.4) is 0 Å². The monoisotopic (exact) mass is 992 g/mol. The van der Waals surface area contributed by atoms with Crippen molar-refractivity contribution in [3.63, 3.8) is 0 Å². The van der Waals surface area contributed by atoms with Crippen LogP contribution in [0.4, 0.5) is 50.1 Å². The van der Waals surface area contributed by atoms with Crippen molar-refractivity contribution in [2.24, 2.45) is 25.9 Å². The average molecular weight is 994 g/mol. The number of halogens is 2. The van der Waals surface area contributed by atoms with Crippen LogP contribution in [0.2, 0.25) is 10.0 Å². The molecule has 7 rings (SSSR count). The average Bonchev–Trinajstić information content (AvgIpc) is 3.63. The fourth-order valence-electron chi connectivity index (χ4n) is 6.39. The molecule has 0 saturated heterocycles. The van der Waals surface area contributed by atoms with Gasteiger partial charge in [-0.3, -0.25) is 13.9 Å². The second-order valence-electron chi connectivity index (χ2n) is 15.5. The molecule has 2 aromatic heterocycles. The Morgan fingerprint density at radius 2 is 1.34 bits per heavy atom. The summed E-state index contributed by atoms with van der Waals surface area (Å²) in [6.45, 7) is 6.92. The Bertz CT molecular complexity index is 3510. The number of hydrogen-bond donors (Lipinski definition) is 5. The van der Waals surface area contributed by atoms with E-state index in [1.54, 1.807) is 94.4 Å². The molecule has 17 nitrogen and oxygen atoms in total. The van der Waals surface area contributed by atoms with Gasteiger partial charge in [0.05, 0.1) is 16.3 Å². The van der Waals surface area contributed by atoms with Gasteiger partial charge >= 0.3 is 0 Å². The molecule has 0 atom stereocenters. The highest BCUT2D eigenvalue weighted by molar-refractivity contribution is 7.86. The summed E-state index contributed by atoms with van der Waals surface area (Å²) >= 11 is 13.1. The van der Waals surface area contributed by atoms with Crippen molar-refractivity contribution in [2.45, 2.75) is 37.5 Å². The number of hydrogen-bond acceptors (Lipinski definition) is 15. The molecule has 5 aromatic carbocycles. The van der Waals surface area contributed by atoms with Gasteiger partial charge in [0.2, 0.25) is 5.91 Å². The highest BCUT2D eigenvalue weighted by atomic mass is 35.5. The van der Waals surface area contributed by atoms with Crippen LogP contribution in [0.5, 0.6) is 0 Å². The molecule has 67 heavy (non-hydrogen) atoms. The first-order chi connectivity index (χ1) is 31.6. The molecular formula is C45H34Cl2N10O7S3. The Kier molecular flexibility index (Phi) is 13.6. The van der Waals surface area contributed by atoms with Gasteiger partial charge in [-0.2, -0.15) is 27.4 Å². The molecule has 22 heteroatoms. The molecule has 0 aliphatic carbocycles. The smallest absolute Gasteiger partial charge is 0.296 e. The number of nitrogens with one attached hydrogen (secondary N) is 3. The number of carbonyl (C=O) groups excluding carboxylic acids is 1. The topological polar surface area (TPSA) is 272 Å². The van der Waals surface area contributed by atoms with E-state index in [1.165, 1.54) is 30.3 Å². The molecule has 0 saturated carbocycles. The van der Waals surface area contributed by atoms with E-state index in [2.05, 4.69) is 53.5 Å². The zero-order valence-corrected chi connectivity index (χ0v) is 39.3. The van der Waals surface area contributed by atoms with Crippen LogP contribution in [0.25, 0.3) is 21.9 Å². The minimum atomic E-state index is -4.72. The van der Waals surface area contributed by atoms with E-state index >= 15 is 0 Å². The number of pyridine rings is 1. The minimum absolute atomic E-state index is 0.0213.